The van der Waals surface area contributed by atoms with Crippen LogP contribution in [0.25, 0.3) is 0 Å². The summed E-state index contributed by atoms with van der Waals surface area (Å²) in [7, 11) is -1.76. The van der Waals surface area contributed by atoms with Gasteiger partial charge in [-0.15, -0.1) is 0 Å². The molecular weight excluding hydrogens is 386 g/mol. The lowest BCUT2D eigenvalue weighted by Crippen LogP contribution is -2.38. The molecule has 1 aromatic heterocycles. The molecule has 7 heteroatoms. The number of nitrogens with zero attached hydrogens (tertiary/aromatic N) is 3. The van der Waals surface area contributed by atoms with Crippen LogP contribution in [0.15, 0.2) is 65.8 Å². The van der Waals surface area contributed by atoms with Crippen LogP contribution in [0, 0.1) is 0 Å². The number of aryl methyl sites for hydroxylation is 1. The smallest absolute Gasteiger partial charge is 0.243 e. The standard InChI is InChI=1S/C22H25N3O3S/c1-16(2)28-19-8-10-20(11-9-19)29(26,27)25-14-17-6-4-5-7-21(17)22(15-25)18-12-23-24(3)13-18/h4-13,16,22H,14-15H2,1-3H3. The molecule has 1 unspecified atom stereocenters. The van der Waals surface area contributed by atoms with Crippen molar-refractivity contribution in [2.75, 3.05) is 6.54 Å². The van der Waals surface area contributed by atoms with Crippen molar-refractivity contribution in [2.45, 2.75) is 37.3 Å². The topological polar surface area (TPSA) is 64.4 Å². The molecule has 2 heterocycles. The summed E-state index contributed by atoms with van der Waals surface area (Å²) >= 11 is 0. The van der Waals surface area contributed by atoms with Crippen molar-refractivity contribution in [3.63, 3.8) is 0 Å². The third-order valence-electron chi connectivity index (χ3n) is 5.12. The summed E-state index contributed by atoms with van der Waals surface area (Å²) in [6.45, 7) is 4.62. The van der Waals surface area contributed by atoms with Gasteiger partial charge in [0.05, 0.1) is 17.2 Å². The number of hydrogen-bond acceptors (Lipinski definition) is 4. The van der Waals surface area contributed by atoms with Gasteiger partial charge in [-0.05, 0) is 54.8 Å². The van der Waals surface area contributed by atoms with Crippen LogP contribution in [0.2, 0.25) is 0 Å². The highest BCUT2D eigenvalue weighted by Gasteiger charge is 2.34. The molecule has 0 saturated carbocycles. The Morgan fingerprint density at radius 3 is 2.48 bits per heavy atom. The average Bonchev–Trinajstić information content (AvgIpc) is 3.13. The Labute approximate surface area is 171 Å². The molecule has 0 saturated heterocycles. The Morgan fingerprint density at radius 2 is 1.83 bits per heavy atom. The third kappa shape index (κ3) is 3.93. The SMILES string of the molecule is CC(C)Oc1ccc(S(=O)(=O)N2Cc3ccccc3C(c3cnn(C)c3)C2)cc1. The third-order valence-corrected chi connectivity index (χ3v) is 6.95. The zero-order valence-corrected chi connectivity index (χ0v) is 17.6. The normalized spacial score (nSPS) is 17.3. The van der Waals surface area contributed by atoms with Crippen molar-refractivity contribution in [3.05, 3.63) is 77.6 Å². The molecular formula is C22H25N3O3S. The molecule has 0 bridgehead atoms. The Bertz CT molecular complexity index is 1100. The van der Waals surface area contributed by atoms with Crippen LogP contribution in [0.5, 0.6) is 5.75 Å². The molecule has 152 valence electrons. The molecule has 1 aliphatic rings. The van der Waals surface area contributed by atoms with E-state index in [0.717, 1.165) is 16.7 Å². The fourth-order valence-electron chi connectivity index (χ4n) is 3.77. The van der Waals surface area contributed by atoms with E-state index in [2.05, 4.69) is 11.2 Å². The van der Waals surface area contributed by atoms with Crippen LogP contribution < -0.4 is 4.74 Å². The minimum absolute atomic E-state index is 0.0382. The maximum atomic E-state index is 13.4. The number of aromatic nitrogens is 2. The van der Waals surface area contributed by atoms with Crippen molar-refractivity contribution in [1.82, 2.24) is 14.1 Å². The van der Waals surface area contributed by atoms with Gasteiger partial charge >= 0.3 is 0 Å². The van der Waals surface area contributed by atoms with Gasteiger partial charge in [0, 0.05) is 32.3 Å². The minimum atomic E-state index is -3.63. The fourth-order valence-corrected chi connectivity index (χ4v) is 5.21. The molecule has 4 rings (SSSR count). The monoisotopic (exact) mass is 411 g/mol. The van der Waals surface area contributed by atoms with E-state index in [9.17, 15) is 8.42 Å². The molecule has 0 radical (unpaired) electrons. The average molecular weight is 412 g/mol. The van der Waals surface area contributed by atoms with Crippen molar-refractivity contribution in [3.8, 4) is 5.75 Å². The molecule has 0 amide bonds. The fraction of sp³-hybridized carbons (Fsp3) is 0.318. The highest BCUT2D eigenvalue weighted by molar-refractivity contribution is 7.89. The van der Waals surface area contributed by atoms with E-state index in [-0.39, 0.29) is 16.9 Å². The minimum Gasteiger partial charge on any atom is -0.491 e. The van der Waals surface area contributed by atoms with Gasteiger partial charge in [-0.3, -0.25) is 4.68 Å². The summed E-state index contributed by atoms with van der Waals surface area (Å²) in [4.78, 5) is 0.276. The largest absolute Gasteiger partial charge is 0.491 e. The van der Waals surface area contributed by atoms with Crippen LogP contribution in [-0.2, 0) is 23.6 Å². The van der Waals surface area contributed by atoms with Gasteiger partial charge in [0.2, 0.25) is 10.0 Å². The Kier molecular flexibility index (Phi) is 5.19. The van der Waals surface area contributed by atoms with Gasteiger partial charge in [0.25, 0.3) is 0 Å². The molecule has 2 aromatic carbocycles. The first-order valence-electron chi connectivity index (χ1n) is 9.68. The lowest BCUT2D eigenvalue weighted by molar-refractivity contribution is 0.242. The first-order chi connectivity index (χ1) is 13.8. The second kappa shape index (κ2) is 7.65. The molecule has 3 aromatic rings. The van der Waals surface area contributed by atoms with Crippen molar-refractivity contribution < 1.29 is 13.2 Å². The van der Waals surface area contributed by atoms with E-state index < -0.39 is 10.0 Å². The maximum Gasteiger partial charge on any atom is 0.243 e. The summed E-state index contributed by atoms with van der Waals surface area (Å²) in [6, 6.07) is 14.7. The van der Waals surface area contributed by atoms with Gasteiger partial charge in [0.15, 0.2) is 0 Å². The molecule has 1 aliphatic heterocycles. The molecule has 0 spiro atoms. The second-order valence-electron chi connectivity index (χ2n) is 7.63. The lowest BCUT2D eigenvalue weighted by Gasteiger charge is -2.33. The summed E-state index contributed by atoms with van der Waals surface area (Å²) in [6.07, 6.45) is 3.81. The molecule has 29 heavy (non-hydrogen) atoms. The van der Waals surface area contributed by atoms with Crippen LogP contribution in [0.1, 0.15) is 36.5 Å². The maximum absolute atomic E-state index is 13.4. The predicted octanol–water partition coefficient (Wildman–Crippen LogP) is 3.54. The number of ether oxygens (including phenoxy) is 1. The van der Waals surface area contributed by atoms with Crippen molar-refractivity contribution in [2.24, 2.45) is 7.05 Å². The quantitative estimate of drug-likeness (QED) is 0.644. The molecule has 0 N–H and O–H groups in total. The molecule has 6 nitrogen and oxygen atoms in total. The van der Waals surface area contributed by atoms with Crippen molar-refractivity contribution >= 4 is 10.0 Å². The Balaban J connectivity index is 1.67. The van der Waals surface area contributed by atoms with E-state index in [1.54, 1.807) is 33.3 Å². The number of fused-ring (bicyclic) bond motifs is 1. The molecule has 1 atom stereocenters. The van der Waals surface area contributed by atoms with Gasteiger partial charge in [-0.2, -0.15) is 9.40 Å². The molecule has 0 fully saturated rings. The molecule has 0 aliphatic carbocycles. The second-order valence-corrected chi connectivity index (χ2v) is 9.57. The number of rotatable bonds is 5. The van der Waals surface area contributed by atoms with Gasteiger partial charge in [0.1, 0.15) is 5.75 Å². The van der Waals surface area contributed by atoms with E-state index in [0.29, 0.717) is 18.8 Å². The van der Waals surface area contributed by atoms with E-state index in [1.807, 2.05) is 51.5 Å². The van der Waals surface area contributed by atoms with Crippen LogP contribution in [-0.4, -0.2) is 35.2 Å². The highest BCUT2D eigenvalue weighted by Crippen LogP contribution is 2.36. The number of sulfonamides is 1. The van der Waals surface area contributed by atoms with Crippen molar-refractivity contribution in [1.29, 1.82) is 0 Å². The Morgan fingerprint density at radius 1 is 1.10 bits per heavy atom. The van der Waals surface area contributed by atoms with Crippen LogP contribution in [0.4, 0.5) is 0 Å². The first kappa shape index (κ1) is 19.7. The van der Waals surface area contributed by atoms with Crippen LogP contribution in [0.3, 0.4) is 0 Å². The van der Waals surface area contributed by atoms with E-state index >= 15 is 0 Å². The summed E-state index contributed by atoms with van der Waals surface area (Å²) < 4.78 is 35.7. The van der Waals surface area contributed by atoms with Gasteiger partial charge < -0.3 is 4.74 Å². The van der Waals surface area contributed by atoms with E-state index in [1.165, 1.54) is 0 Å². The van der Waals surface area contributed by atoms with Gasteiger partial charge in [-0.1, -0.05) is 24.3 Å². The zero-order chi connectivity index (χ0) is 20.6. The Hall–Kier alpha value is -2.64. The highest BCUT2D eigenvalue weighted by atomic mass is 32.2. The zero-order valence-electron chi connectivity index (χ0n) is 16.8. The lowest BCUT2D eigenvalue weighted by atomic mass is 9.87. The van der Waals surface area contributed by atoms with E-state index in [4.69, 9.17) is 4.74 Å². The number of hydrogen-bond donors (Lipinski definition) is 0. The predicted molar refractivity (Wildman–Crippen MR) is 111 cm³/mol. The summed E-state index contributed by atoms with van der Waals surface area (Å²) in [5, 5.41) is 4.28. The summed E-state index contributed by atoms with van der Waals surface area (Å²) in [5.41, 5.74) is 3.20. The van der Waals surface area contributed by atoms with Gasteiger partial charge in [-0.25, -0.2) is 8.42 Å². The number of benzene rings is 2. The van der Waals surface area contributed by atoms with Crippen LogP contribution >= 0.6 is 0 Å². The summed E-state index contributed by atoms with van der Waals surface area (Å²) in [5.74, 6) is 0.614. The first-order valence-corrected chi connectivity index (χ1v) is 11.1.